The van der Waals surface area contributed by atoms with Gasteiger partial charge < -0.3 is 14.7 Å². The summed E-state index contributed by atoms with van der Waals surface area (Å²) in [6.45, 7) is 4.47. The minimum absolute atomic E-state index is 0.0601. The minimum Gasteiger partial charge on any atom is -0.339 e. The van der Waals surface area contributed by atoms with Gasteiger partial charge >= 0.3 is 0 Å². The number of hydrogen-bond donors (Lipinski definition) is 0. The molecular formula is C27H33N3O3. The summed E-state index contributed by atoms with van der Waals surface area (Å²) in [4.78, 5) is 43.1. The molecule has 1 saturated heterocycles. The minimum atomic E-state index is 0.0601. The number of benzene rings is 2. The highest BCUT2D eigenvalue weighted by molar-refractivity contribution is 5.95. The maximum atomic E-state index is 13.3. The van der Waals surface area contributed by atoms with E-state index in [2.05, 4.69) is 0 Å². The van der Waals surface area contributed by atoms with Crippen LogP contribution in [0.3, 0.4) is 0 Å². The standard InChI is InChI=1S/C27H33N3O3/c1-21(31)28-15-17-29(18-16-28)26(32)19-22-11-13-25(14-12-22)30(20-23-7-3-2-4-8-23)27(33)24-9-5-6-10-24/h2-4,7-8,11-14,24H,5-6,9-10,15-20H2,1H3. The van der Waals surface area contributed by atoms with E-state index in [1.807, 2.05) is 64.4 Å². The van der Waals surface area contributed by atoms with Gasteiger partial charge in [-0.05, 0) is 36.1 Å². The van der Waals surface area contributed by atoms with Crippen LogP contribution >= 0.6 is 0 Å². The molecule has 2 aromatic carbocycles. The average Bonchev–Trinajstić information content (AvgIpc) is 3.38. The van der Waals surface area contributed by atoms with Crippen molar-refractivity contribution in [1.29, 1.82) is 0 Å². The Labute approximate surface area is 196 Å². The van der Waals surface area contributed by atoms with Crippen LogP contribution in [0, 0.1) is 5.92 Å². The largest absolute Gasteiger partial charge is 0.339 e. The molecule has 0 radical (unpaired) electrons. The lowest BCUT2D eigenvalue weighted by Gasteiger charge is -2.34. The first kappa shape index (κ1) is 23.0. The van der Waals surface area contributed by atoms with Crippen molar-refractivity contribution in [3.05, 3.63) is 65.7 Å². The van der Waals surface area contributed by atoms with Crippen molar-refractivity contribution in [3.63, 3.8) is 0 Å². The molecule has 6 heteroatoms. The van der Waals surface area contributed by atoms with Crippen LogP contribution in [0.2, 0.25) is 0 Å². The third kappa shape index (κ3) is 5.81. The van der Waals surface area contributed by atoms with Crippen LogP contribution in [0.5, 0.6) is 0 Å². The first-order valence-electron chi connectivity index (χ1n) is 12.0. The van der Waals surface area contributed by atoms with Crippen LogP contribution in [0.25, 0.3) is 0 Å². The van der Waals surface area contributed by atoms with Crippen LogP contribution in [0.1, 0.15) is 43.7 Å². The van der Waals surface area contributed by atoms with Gasteiger partial charge in [0.15, 0.2) is 0 Å². The second kappa shape index (κ2) is 10.6. The molecule has 0 bridgehead atoms. The Bertz CT molecular complexity index is 960. The molecule has 33 heavy (non-hydrogen) atoms. The van der Waals surface area contributed by atoms with Crippen LogP contribution in [-0.2, 0) is 27.3 Å². The van der Waals surface area contributed by atoms with E-state index in [1.54, 1.807) is 11.8 Å². The molecule has 1 heterocycles. The first-order chi connectivity index (χ1) is 16.0. The Balaban J connectivity index is 1.43. The Kier molecular flexibility index (Phi) is 7.43. The lowest BCUT2D eigenvalue weighted by molar-refractivity contribution is -0.138. The molecule has 174 valence electrons. The number of carbonyl (C=O) groups excluding carboxylic acids is 3. The summed E-state index contributed by atoms with van der Waals surface area (Å²) in [5.41, 5.74) is 2.92. The number of hydrogen-bond acceptors (Lipinski definition) is 3. The van der Waals surface area contributed by atoms with Crippen LogP contribution in [-0.4, -0.2) is 53.7 Å². The fourth-order valence-electron chi connectivity index (χ4n) is 4.81. The van der Waals surface area contributed by atoms with Gasteiger partial charge in [0, 0.05) is 44.7 Å². The Morgan fingerprint density at radius 2 is 1.42 bits per heavy atom. The van der Waals surface area contributed by atoms with E-state index < -0.39 is 0 Å². The summed E-state index contributed by atoms with van der Waals surface area (Å²) in [7, 11) is 0. The van der Waals surface area contributed by atoms with E-state index in [4.69, 9.17) is 0 Å². The summed E-state index contributed by atoms with van der Waals surface area (Å²) >= 11 is 0. The molecule has 2 aliphatic rings. The molecule has 0 unspecified atom stereocenters. The van der Waals surface area contributed by atoms with E-state index in [0.717, 1.165) is 42.5 Å². The van der Waals surface area contributed by atoms with Gasteiger partial charge in [-0.15, -0.1) is 0 Å². The number of piperazine rings is 1. The number of anilines is 1. The van der Waals surface area contributed by atoms with E-state index in [0.29, 0.717) is 39.1 Å². The summed E-state index contributed by atoms with van der Waals surface area (Å²) in [6, 6.07) is 17.9. The molecule has 0 N–H and O–H groups in total. The first-order valence-corrected chi connectivity index (χ1v) is 12.0. The maximum absolute atomic E-state index is 13.3. The predicted octanol–water partition coefficient (Wildman–Crippen LogP) is 3.64. The quantitative estimate of drug-likeness (QED) is 0.679. The molecule has 0 atom stereocenters. The molecule has 3 amide bonds. The molecular weight excluding hydrogens is 414 g/mol. The van der Waals surface area contributed by atoms with Crippen LogP contribution in [0.15, 0.2) is 54.6 Å². The zero-order valence-corrected chi connectivity index (χ0v) is 19.4. The molecule has 0 aromatic heterocycles. The highest BCUT2D eigenvalue weighted by atomic mass is 16.2. The van der Waals surface area contributed by atoms with Gasteiger partial charge in [-0.2, -0.15) is 0 Å². The number of rotatable bonds is 6. The predicted molar refractivity (Wildman–Crippen MR) is 129 cm³/mol. The van der Waals surface area contributed by atoms with Crippen LogP contribution < -0.4 is 4.90 Å². The zero-order chi connectivity index (χ0) is 23.2. The topological polar surface area (TPSA) is 60.9 Å². The third-order valence-corrected chi connectivity index (χ3v) is 6.84. The van der Waals surface area contributed by atoms with E-state index in [9.17, 15) is 14.4 Å². The summed E-state index contributed by atoms with van der Waals surface area (Å²) in [5, 5.41) is 0. The normalized spacial score (nSPS) is 16.6. The monoisotopic (exact) mass is 447 g/mol. The van der Waals surface area contributed by atoms with E-state index >= 15 is 0 Å². The van der Waals surface area contributed by atoms with Gasteiger partial charge in [0.2, 0.25) is 17.7 Å². The summed E-state index contributed by atoms with van der Waals surface area (Å²) in [6.07, 6.45) is 4.51. The Hall–Kier alpha value is -3.15. The molecule has 1 aliphatic heterocycles. The average molecular weight is 448 g/mol. The second-order valence-corrected chi connectivity index (χ2v) is 9.12. The second-order valence-electron chi connectivity index (χ2n) is 9.12. The lowest BCUT2D eigenvalue weighted by Crippen LogP contribution is -2.50. The van der Waals surface area contributed by atoms with Gasteiger partial charge in [-0.1, -0.05) is 55.3 Å². The summed E-state index contributed by atoms with van der Waals surface area (Å²) < 4.78 is 0. The molecule has 6 nitrogen and oxygen atoms in total. The molecule has 2 aromatic rings. The smallest absolute Gasteiger partial charge is 0.230 e. The highest BCUT2D eigenvalue weighted by Gasteiger charge is 2.28. The van der Waals surface area contributed by atoms with Crippen molar-refractivity contribution in [1.82, 2.24) is 9.80 Å². The van der Waals surface area contributed by atoms with Gasteiger partial charge in [0.25, 0.3) is 0 Å². The van der Waals surface area contributed by atoms with Crippen LogP contribution in [0.4, 0.5) is 5.69 Å². The lowest BCUT2D eigenvalue weighted by atomic mass is 10.0. The van der Waals surface area contributed by atoms with Crippen molar-refractivity contribution in [2.45, 2.75) is 45.6 Å². The number of amides is 3. The molecule has 1 aliphatic carbocycles. The zero-order valence-electron chi connectivity index (χ0n) is 19.4. The van der Waals surface area contributed by atoms with Crippen molar-refractivity contribution in [3.8, 4) is 0 Å². The molecule has 1 saturated carbocycles. The SMILES string of the molecule is CC(=O)N1CCN(C(=O)Cc2ccc(N(Cc3ccccc3)C(=O)C3CCCC3)cc2)CC1. The van der Waals surface area contributed by atoms with Crippen molar-refractivity contribution in [2.24, 2.45) is 5.92 Å². The fraction of sp³-hybridized carbons (Fsp3) is 0.444. The Morgan fingerprint density at radius 1 is 0.818 bits per heavy atom. The third-order valence-electron chi connectivity index (χ3n) is 6.84. The molecule has 4 rings (SSSR count). The van der Waals surface area contributed by atoms with Crippen molar-refractivity contribution >= 4 is 23.4 Å². The van der Waals surface area contributed by atoms with Gasteiger partial charge in [-0.25, -0.2) is 0 Å². The van der Waals surface area contributed by atoms with Crippen molar-refractivity contribution < 1.29 is 14.4 Å². The fourth-order valence-corrected chi connectivity index (χ4v) is 4.81. The number of carbonyl (C=O) groups is 3. The van der Waals surface area contributed by atoms with E-state index in [1.165, 1.54) is 0 Å². The summed E-state index contributed by atoms with van der Waals surface area (Å²) in [5.74, 6) is 0.436. The van der Waals surface area contributed by atoms with Gasteiger partial charge in [0.05, 0.1) is 13.0 Å². The maximum Gasteiger partial charge on any atom is 0.230 e. The van der Waals surface area contributed by atoms with Crippen molar-refractivity contribution in [2.75, 3.05) is 31.1 Å². The molecule has 0 spiro atoms. The Morgan fingerprint density at radius 3 is 2.03 bits per heavy atom. The van der Waals surface area contributed by atoms with Gasteiger partial charge in [0.1, 0.15) is 0 Å². The van der Waals surface area contributed by atoms with Gasteiger partial charge in [-0.3, -0.25) is 14.4 Å². The highest BCUT2D eigenvalue weighted by Crippen LogP contribution is 2.30. The molecule has 2 fully saturated rings. The van der Waals surface area contributed by atoms with E-state index in [-0.39, 0.29) is 23.6 Å². The number of nitrogens with zero attached hydrogens (tertiary/aromatic N) is 3.